The van der Waals surface area contributed by atoms with E-state index < -0.39 is 0 Å². The molecule has 0 atom stereocenters. The average Bonchev–Trinajstić information content (AvgIpc) is 2.34. The number of methoxy groups -OCH3 is 1. The van der Waals surface area contributed by atoms with Gasteiger partial charge in [-0.25, -0.2) is 4.39 Å². The van der Waals surface area contributed by atoms with Gasteiger partial charge in [0.1, 0.15) is 0 Å². The molecule has 1 aromatic carbocycles. The number of ether oxygens (including phenoxy) is 2. The molecular weight excluding hydrogens is 225 g/mol. The van der Waals surface area contributed by atoms with E-state index in [0.29, 0.717) is 26.3 Å². The first-order chi connectivity index (χ1) is 8.27. The Balaban J connectivity index is 2.25. The molecule has 0 unspecified atom stereocenters. The Bertz CT molecular complexity index is 334. The van der Waals surface area contributed by atoms with Gasteiger partial charge in [-0.05, 0) is 17.7 Å². The second kappa shape index (κ2) is 8.00. The van der Waals surface area contributed by atoms with Crippen LogP contribution in [-0.2, 0) is 11.3 Å². The van der Waals surface area contributed by atoms with E-state index in [1.165, 1.54) is 13.2 Å². The molecule has 4 nitrogen and oxygen atoms in total. The summed E-state index contributed by atoms with van der Waals surface area (Å²) in [5.74, 6) is -0.108. The third-order valence-electron chi connectivity index (χ3n) is 2.20. The molecule has 0 saturated heterocycles. The number of nitrogens with one attached hydrogen (secondary N) is 1. The minimum atomic E-state index is -0.358. The predicted octanol–water partition coefficient (Wildman–Crippen LogP) is 0.933. The zero-order valence-electron chi connectivity index (χ0n) is 9.91. The highest BCUT2D eigenvalue weighted by atomic mass is 19.1. The van der Waals surface area contributed by atoms with Crippen molar-refractivity contribution in [1.82, 2.24) is 5.32 Å². The van der Waals surface area contributed by atoms with Crippen molar-refractivity contribution >= 4 is 0 Å². The van der Waals surface area contributed by atoms with Gasteiger partial charge in [0.15, 0.2) is 11.6 Å². The van der Waals surface area contributed by atoms with Crippen LogP contribution in [0.4, 0.5) is 4.39 Å². The van der Waals surface area contributed by atoms with E-state index in [1.54, 1.807) is 6.07 Å². The maximum Gasteiger partial charge on any atom is 0.165 e. The topological polar surface area (TPSA) is 50.7 Å². The highest BCUT2D eigenvalue weighted by molar-refractivity contribution is 5.29. The predicted molar refractivity (Wildman–Crippen MR) is 62.6 cm³/mol. The van der Waals surface area contributed by atoms with Crippen LogP contribution in [0.3, 0.4) is 0 Å². The van der Waals surface area contributed by atoms with Crippen LogP contribution >= 0.6 is 0 Å². The number of aliphatic hydroxyl groups is 1. The zero-order valence-corrected chi connectivity index (χ0v) is 9.91. The molecule has 0 amide bonds. The maximum atomic E-state index is 13.3. The lowest BCUT2D eigenvalue weighted by Gasteiger charge is -2.07. The molecule has 1 aromatic rings. The maximum absolute atomic E-state index is 13.3. The highest BCUT2D eigenvalue weighted by Gasteiger charge is 2.02. The average molecular weight is 243 g/mol. The van der Waals surface area contributed by atoms with Crippen LogP contribution in [0.5, 0.6) is 5.75 Å². The molecule has 96 valence electrons. The summed E-state index contributed by atoms with van der Waals surface area (Å²) in [5, 5.41) is 11.6. The van der Waals surface area contributed by atoms with Gasteiger partial charge in [0.05, 0.1) is 26.9 Å². The Morgan fingerprint density at radius 1 is 1.35 bits per heavy atom. The fraction of sp³-hybridized carbons (Fsp3) is 0.500. The minimum Gasteiger partial charge on any atom is -0.494 e. The molecule has 0 saturated carbocycles. The smallest absolute Gasteiger partial charge is 0.165 e. The molecule has 2 N–H and O–H groups in total. The lowest BCUT2D eigenvalue weighted by Crippen LogP contribution is -2.20. The van der Waals surface area contributed by atoms with Crippen molar-refractivity contribution in [2.45, 2.75) is 6.54 Å². The Hall–Kier alpha value is -1.17. The van der Waals surface area contributed by atoms with Crippen molar-refractivity contribution in [1.29, 1.82) is 0 Å². The van der Waals surface area contributed by atoms with Crippen LogP contribution in [0.1, 0.15) is 5.56 Å². The van der Waals surface area contributed by atoms with Gasteiger partial charge in [-0.2, -0.15) is 0 Å². The number of halogens is 1. The molecule has 5 heteroatoms. The largest absolute Gasteiger partial charge is 0.494 e. The number of aliphatic hydroxyl groups excluding tert-OH is 1. The first kappa shape index (κ1) is 13.9. The van der Waals surface area contributed by atoms with Gasteiger partial charge >= 0.3 is 0 Å². The van der Waals surface area contributed by atoms with E-state index >= 15 is 0 Å². The van der Waals surface area contributed by atoms with Crippen molar-refractivity contribution < 1.29 is 19.0 Å². The van der Waals surface area contributed by atoms with Crippen molar-refractivity contribution in [3.8, 4) is 5.75 Å². The van der Waals surface area contributed by atoms with E-state index in [-0.39, 0.29) is 18.2 Å². The van der Waals surface area contributed by atoms with Crippen LogP contribution in [-0.4, -0.2) is 38.6 Å². The first-order valence-corrected chi connectivity index (χ1v) is 5.49. The third-order valence-corrected chi connectivity index (χ3v) is 2.20. The van der Waals surface area contributed by atoms with Gasteiger partial charge < -0.3 is 19.9 Å². The lowest BCUT2D eigenvalue weighted by molar-refractivity contribution is 0.0938. The van der Waals surface area contributed by atoms with Gasteiger partial charge in [0.25, 0.3) is 0 Å². The number of hydrogen-bond acceptors (Lipinski definition) is 4. The molecule has 0 spiro atoms. The second-order valence-electron chi connectivity index (χ2n) is 3.48. The summed E-state index contributed by atoms with van der Waals surface area (Å²) >= 11 is 0. The molecule has 0 radical (unpaired) electrons. The molecule has 0 fully saturated rings. The molecule has 1 rings (SSSR count). The van der Waals surface area contributed by atoms with Crippen LogP contribution in [0, 0.1) is 5.82 Å². The normalized spacial score (nSPS) is 10.5. The Labute approximate surface area is 100 Å². The number of rotatable bonds is 8. The van der Waals surface area contributed by atoms with Crippen molar-refractivity contribution in [2.24, 2.45) is 0 Å². The van der Waals surface area contributed by atoms with E-state index in [0.717, 1.165) is 5.56 Å². The molecular formula is C12H18FNO3. The van der Waals surface area contributed by atoms with E-state index in [9.17, 15) is 4.39 Å². The summed E-state index contributed by atoms with van der Waals surface area (Å²) in [6.45, 7) is 2.14. The highest BCUT2D eigenvalue weighted by Crippen LogP contribution is 2.17. The zero-order chi connectivity index (χ0) is 12.5. The first-order valence-electron chi connectivity index (χ1n) is 5.49. The molecule has 0 aromatic heterocycles. The fourth-order valence-corrected chi connectivity index (χ4v) is 1.36. The number of benzene rings is 1. The molecule has 0 aliphatic carbocycles. The van der Waals surface area contributed by atoms with Gasteiger partial charge in [-0.3, -0.25) is 0 Å². The van der Waals surface area contributed by atoms with Gasteiger partial charge in [0.2, 0.25) is 0 Å². The SMILES string of the molecule is COc1ccc(CNCCOCCO)cc1F. The lowest BCUT2D eigenvalue weighted by atomic mass is 10.2. The fourth-order valence-electron chi connectivity index (χ4n) is 1.36. The summed E-state index contributed by atoms with van der Waals surface area (Å²) in [7, 11) is 1.44. The molecule has 17 heavy (non-hydrogen) atoms. The summed E-state index contributed by atoms with van der Waals surface area (Å²) in [6.07, 6.45) is 0. The number of hydrogen-bond donors (Lipinski definition) is 2. The summed E-state index contributed by atoms with van der Waals surface area (Å²) in [5.41, 5.74) is 0.852. The quantitative estimate of drug-likeness (QED) is 0.667. The summed E-state index contributed by atoms with van der Waals surface area (Å²) in [4.78, 5) is 0. The second-order valence-corrected chi connectivity index (χ2v) is 3.48. The summed E-state index contributed by atoms with van der Waals surface area (Å²) < 4.78 is 23.2. The standard InChI is InChI=1S/C12H18FNO3/c1-16-12-3-2-10(8-11(12)13)9-14-4-6-17-7-5-15/h2-3,8,14-15H,4-7,9H2,1H3. The van der Waals surface area contributed by atoms with Crippen molar-refractivity contribution in [3.05, 3.63) is 29.6 Å². The molecule has 0 aliphatic heterocycles. The van der Waals surface area contributed by atoms with Crippen LogP contribution in [0.15, 0.2) is 18.2 Å². The van der Waals surface area contributed by atoms with Gasteiger partial charge in [-0.1, -0.05) is 6.07 Å². The molecule has 0 aliphatic rings. The Kier molecular flexibility index (Phi) is 6.54. The van der Waals surface area contributed by atoms with Crippen molar-refractivity contribution in [2.75, 3.05) is 33.5 Å². The van der Waals surface area contributed by atoms with E-state index in [2.05, 4.69) is 5.32 Å². The van der Waals surface area contributed by atoms with Crippen LogP contribution in [0.2, 0.25) is 0 Å². The Morgan fingerprint density at radius 3 is 2.82 bits per heavy atom. The molecule has 0 heterocycles. The van der Waals surface area contributed by atoms with Crippen molar-refractivity contribution in [3.63, 3.8) is 0 Å². The minimum absolute atomic E-state index is 0.0314. The van der Waals surface area contributed by atoms with Gasteiger partial charge in [0, 0.05) is 13.1 Å². The van der Waals surface area contributed by atoms with Crippen LogP contribution in [0.25, 0.3) is 0 Å². The van der Waals surface area contributed by atoms with E-state index in [4.69, 9.17) is 14.6 Å². The Morgan fingerprint density at radius 2 is 2.18 bits per heavy atom. The van der Waals surface area contributed by atoms with Gasteiger partial charge in [-0.15, -0.1) is 0 Å². The molecule has 0 bridgehead atoms. The summed E-state index contributed by atoms with van der Waals surface area (Å²) in [6, 6.07) is 4.86. The van der Waals surface area contributed by atoms with E-state index in [1.807, 2.05) is 6.07 Å². The third kappa shape index (κ3) is 5.12. The monoisotopic (exact) mass is 243 g/mol. The van der Waals surface area contributed by atoms with Crippen LogP contribution < -0.4 is 10.1 Å².